The number of hydrogen-bond donors (Lipinski definition) is 0. The van der Waals surface area contributed by atoms with E-state index in [-0.39, 0.29) is 35.1 Å². The Balaban J connectivity index is 0.00000304. The summed E-state index contributed by atoms with van der Waals surface area (Å²) in [4.78, 5) is 18.7. The van der Waals surface area contributed by atoms with Gasteiger partial charge in [0.15, 0.2) is 5.13 Å². The number of rotatable bonds is 8. The van der Waals surface area contributed by atoms with Crippen molar-refractivity contribution >= 4 is 22.4 Å². The third-order valence-electron chi connectivity index (χ3n) is 7.43. The molecule has 1 aromatic heterocycles. The molecule has 36 heavy (non-hydrogen) atoms. The summed E-state index contributed by atoms with van der Waals surface area (Å²) < 4.78 is 6.23. The molecule has 2 aliphatic rings. The van der Waals surface area contributed by atoms with Crippen LogP contribution in [0.2, 0.25) is 0 Å². The summed E-state index contributed by atoms with van der Waals surface area (Å²) >= 11 is 1.66. The third-order valence-corrected chi connectivity index (χ3v) is 8.31. The van der Waals surface area contributed by atoms with Gasteiger partial charge in [-0.05, 0) is 85.9 Å². The predicted octanol–water partition coefficient (Wildman–Crippen LogP) is 3.08. The molecule has 0 amide bonds. The van der Waals surface area contributed by atoms with Crippen LogP contribution in [-0.2, 0) is 6.54 Å². The van der Waals surface area contributed by atoms with Gasteiger partial charge in [0, 0.05) is 23.5 Å². The zero-order valence-electron chi connectivity index (χ0n) is 21.3. The van der Waals surface area contributed by atoms with Crippen molar-refractivity contribution in [3.05, 3.63) is 65.0 Å². The second-order valence-corrected chi connectivity index (χ2v) is 10.9. The fourth-order valence-electron chi connectivity index (χ4n) is 5.34. The maximum absolute atomic E-state index is 11.3. The number of aromatic carboxylic acids is 1. The SMILES string of the molecule is CC1CCC(Oc2ccc(-c3csc(N(Cc4cccc(C(=O)[O-])c4)C4CCCC4)n3)cc2)CC1.[Na+]. The van der Waals surface area contributed by atoms with E-state index in [9.17, 15) is 9.90 Å². The molecule has 2 aliphatic carbocycles. The van der Waals surface area contributed by atoms with Gasteiger partial charge in [-0.3, -0.25) is 0 Å². The number of ether oxygens (including phenoxy) is 1. The minimum Gasteiger partial charge on any atom is -0.545 e. The van der Waals surface area contributed by atoms with Gasteiger partial charge in [-0.2, -0.15) is 0 Å². The quantitative estimate of drug-likeness (QED) is 0.434. The molecule has 2 aromatic carbocycles. The Labute approximate surface area is 240 Å². The van der Waals surface area contributed by atoms with Crippen molar-refractivity contribution in [3.63, 3.8) is 0 Å². The maximum Gasteiger partial charge on any atom is 1.00 e. The Kier molecular flexibility index (Phi) is 9.51. The average molecular weight is 513 g/mol. The van der Waals surface area contributed by atoms with Gasteiger partial charge < -0.3 is 19.5 Å². The van der Waals surface area contributed by atoms with E-state index in [0.717, 1.165) is 59.3 Å². The summed E-state index contributed by atoms with van der Waals surface area (Å²) in [5, 5.41) is 14.4. The molecule has 0 radical (unpaired) electrons. The normalized spacial score (nSPS) is 20.0. The number of thiazole rings is 1. The number of benzene rings is 2. The van der Waals surface area contributed by atoms with Crippen LogP contribution < -0.4 is 44.3 Å². The van der Waals surface area contributed by atoms with Gasteiger partial charge in [0.1, 0.15) is 5.75 Å². The van der Waals surface area contributed by atoms with Crippen molar-refractivity contribution in [1.29, 1.82) is 0 Å². The van der Waals surface area contributed by atoms with Crippen molar-refractivity contribution in [3.8, 4) is 17.0 Å². The molecule has 1 heterocycles. The van der Waals surface area contributed by atoms with E-state index in [2.05, 4.69) is 41.5 Å². The number of carbonyl (C=O) groups excluding carboxylic acids is 1. The first kappa shape index (κ1) is 27.2. The summed E-state index contributed by atoms with van der Waals surface area (Å²) in [5.41, 5.74) is 3.24. The van der Waals surface area contributed by atoms with E-state index in [0.29, 0.717) is 18.7 Å². The summed E-state index contributed by atoms with van der Waals surface area (Å²) in [6, 6.07) is 15.8. The molecule has 0 unspecified atom stereocenters. The Morgan fingerprint density at radius 2 is 1.78 bits per heavy atom. The number of anilines is 1. The fourth-order valence-corrected chi connectivity index (χ4v) is 6.24. The number of carboxylic acid groups (broad SMARTS) is 1. The van der Waals surface area contributed by atoms with Crippen molar-refractivity contribution in [2.75, 3.05) is 4.90 Å². The minimum atomic E-state index is -1.14. The zero-order valence-corrected chi connectivity index (χ0v) is 24.1. The molecule has 2 fully saturated rings. The van der Waals surface area contributed by atoms with Crippen LogP contribution in [0.1, 0.15) is 74.2 Å². The number of carboxylic acids is 1. The largest absolute Gasteiger partial charge is 1.00 e. The van der Waals surface area contributed by atoms with E-state index in [4.69, 9.17) is 9.72 Å². The van der Waals surface area contributed by atoms with Gasteiger partial charge in [-0.15, -0.1) is 11.3 Å². The number of carbonyl (C=O) groups is 1. The molecular formula is C29H33N2NaO3S. The first-order chi connectivity index (χ1) is 17.0. The Morgan fingerprint density at radius 3 is 2.47 bits per heavy atom. The molecule has 184 valence electrons. The van der Waals surface area contributed by atoms with Crippen molar-refractivity contribution in [2.45, 2.75) is 77.0 Å². The van der Waals surface area contributed by atoms with Crippen molar-refractivity contribution < 1.29 is 44.2 Å². The number of nitrogens with zero attached hydrogens (tertiary/aromatic N) is 2. The van der Waals surface area contributed by atoms with Crippen molar-refractivity contribution in [1.82, 2.24) is 4.98 Å². The first-order valence-electron chi connectivity index (χ1n) is 12.8. The number of aromatic nitrogens is 1. The molecular weight excluding hydrogens is 479 g/mol. The molecule has 0 saturated heterocycles. The first-order valence-corrected chi connectivity index (χ1v) is 13.7. The van der Waals surface area contributed by atoms with Gasteiger partial charge in [0.05, 0.1) is 17.8 Å². The van der Waals surface area contributed by atoms with Gasteiger partial charge >= 0.3 is 29.6 Å². The number of hydrogen-bond acceptors (Lipinski definition) is 6. The van der Waals surface area contributed by atoms with Crippen LogP contribution in [0.5, 0.6) is 5.75 Å². The average Bonchev–Trinajstić information content (AvgIpc) is 3.58. The minimum absolute atomic E-state index is 0. The third kappa shape index (κ3) is 6.71. The molecule has 5 nitrogen and oxygen atoms in total. The topological polar surface area (TPSA) is 65.5 Å². The maximum atomic E-state index is 11.3. The van der Waals surface area contributed by atoms with Crippen LogP contribution in [-0.4, -0.2) is 23.1 Å². The second-order valence-electron chi connectivity index (χ2n) is 10.1. The summed E-state index contributed by atoms with van der Waals surface area (Å²) in [6.45, 7) is 2.97. The molecule has 3 aromatic rings. The van der Waals surface area contributed by atoms with E-state index < -0.39 is 5.97 Å². The molecule has 2 saturated carbocycles. The molecule has 7 heteroatoms. The summed E-state index contributed by atoms with van der Waals surface area (Å²) in [7, 11) is 0. The smallest absolute Gasteiger partial charge is 0.545 e. The van der Waals surface area contributed by atoms with Gasteiger partial charge in [0.2, 0.25) is 0 Å². The zero-order chi connectivity index (χ0) is 24.2. The van der Waals surface area contributed by atoms with E-state index >= 15 is 0 Å². The van der Waals surface area contributed by atoms with Gasteiger partial charge in [0.25, 0.3) is 0 Å². The molecule has 0 N–H and O–H groups in total. The Bertz CT molecular complexity index is 1140. The van der Waals surface area contributed by atoms with E-state index in [1.807, 2.05) is 6.07 Å². The van der Waals surface area contributed by atoms with Gasteiger partial charge in [-0.1, -0.05) is 38.0 Å². The Hall–Kier alpha value is -1.86. The standard InChI is InChI=1S/C29H34N2O3S.Na/c1-20-9-13-25(14-10-20)34-26-15-11-22(12-16-26)27-19-35-29(30-27)31(24-7-2-3-8-24)18-21-5-4-6-23(17-21)28(32)33;/h4-6,11-12,15-17,19-20,24-25H,2-3,7-10,13-14,18H2,1H3,(H,32,33);/q;+1/p-1. The molecule has 0 bridgehead atoms. The van der Waals surface area contributed by atoms with E-state index in [1.165, 1.54) is 25.7 Å². The van der Waals surface area contributed by atoms with Crippen LogP contribution in [0.4, 0.5) is 5.13 Å². The fraction of sp³-hybridized carbons (Fsp3) is 0.448. The summed E-state index contributed by atoms with van der Waals surface area (Å²) in [5.74, 6) is 0.614. The molecule has 0 atom stereocenters. The van der Waals surface area contributed by atoms with Crippen LogP contribution in [0.3, 0.4) is 0 Å². The van der Waals surface area contributed by atoms with Crippen LogP contribution in [0, 0.1) is 5.92 Å². The van der Waals surface area contributed by atoms with Crippen LogP contribution >= 0.6 is 11.3 Å². The molecule has 0 aliphatic heterocycles. The van der Waals surface area contributed by atoms with Crippen LogP contribution in [0.15, 0.2) is 53.9 Å². The monoisotopic (exact) mass is 512 g/mol. The van der Waals surface area contributed by atoms with Crippen LogP contribution in [0.25, 0.3) is 11.3 Å². The molecule has 0 spiro atoms. The van der Waals surface area contributed by atoms with E-state index in [1.54, 1.807) is 29.5 Å². The second kappa shape index (κ2) is 12.6. The molecule has 5 rings (SSSR count). The van der Waals surface area contributed by atoms with Crippen molar-refractivity contribution in [2.24, 2.45) is 5.92 Å². The van der Waals surface area contributed by atoms with Gasteiger partial charge in [-0.25, -0.2) is 4.98 Å². The predicted molar refractivity (Wildman–Crippen MR) is 139 cm³/mol. The summed E-state index contributed by atoms with van der Waals surface area (Å²) in [6.07, 6.45) is 9.83. The Morgan fingerprint density at radius 1 is 1.06 bits per heavy atom.